The number of amides is 1. The highest BCUT2D eigenvalue weighted by Crippen LogP contribution is 2.13. The van der Waals surface area contributed by atoms with Gasteiger partial charge in [-0.1, -0.05) is 30.3 Å². The fraction of sp³-hybridized carbons (Fsp3) is 0.500. The molecule has 2 rings (SSSR count). The number of carbonyl (C=O) groups excluding carboxylic acids is 1. The van der Waals surface area contributed by atoms with E-state index in [1.165, 1.54) is 4.90 Å². The van der Waals surface area contributed by atoms with Gasteiger partial charge in [-0.05, 0) is 18.4 Å². The van der Waals surface area contributed by atoms with Gasteiger partial charge in [0.2, 0.25) is 0 Å². The summed E-state index contributed by atoms with van der Waals surface area (Å²) in [6.07, 6.45) is -1.95. The molecule has 1 aliphatic heterocycles. The lowest BCUT2D eigenvalue weighted by Crippen LogP contribution is -2.38. The summed E-state index contributed by atoms with van der Waals surface area (Å²) in [7, 11) is 0. The van der Waals surface area contributed by atoms with Crippen LogP contribution < -0.4 is 0 Å². The van der Waals surface area contributed by atoms with E-state index < -0.39 is 24.2 Å². The largest absolute Gasteiger partial charge is 0.388 e. The summed E-state index contributed by atoms with van der Waals surface area (Å²) in [4.78, 5) is 13.2. The Labute approximate surface area is 112 Å². The fourth-order valence-corrected chi connectivity index (χ4v) is 2.23. The predicted molar refractivity (Wildman–Crippen MR) is 69.4 cm³/mol. The summed E-state index contributed by atoms with van der Waals surface area (Å²) in [5, 5.41) is 28.6. The summed E-state index contributed by atoms with van der Waals surface area (Å²) in [5.74, 6) is -0.425. The van der Waals surface area contributed by atoms with Crippen molar-refractivity contribution in [1.82, 2.24) is 4.90 Å². The molecule has 0 spiro atoms. The van der Waals surface area contributed by atoms with Crippen LogP contribution in [0.15, 0.2) is 30.3 Å². The molecule has 0 unspecified atom stereocenters. The van der Waals surface area contributed by atoms with Crippen molar-refractivity contribution in [3.63, 3.8) is 0 Å². The second kappa shape index (κ2) is 6.14. The van der Waals surface area contributed by atoms with Gasteiger partial charge in [-0.15, -0.1) is 0 Å². The molecule has 3 N–H and O–H groups in total. The van der Waals surface area contributed by atoms with E-state index in [2.05, 4.69) is 0 Å². The third kappa shape index (κ3) is 3.53. The lowest BCUT2D eigenvalue weighted by Gasteiger charge is -2.19. The van der Waals surface area contributed by atoms with E-state index in [4.69, 9.17) is 0 Å². The smallest absolute Gasteiger partial charge is 0.251 e. The lowest BCUT2D eigenvalue weighted by atomic mass is 10.1. The quantitative estimate of drug-likeness (QED) is 0.688. The van der Waals surface area contributed by atoms with Gasteiger partial charge in [-0.3, -0.25) is 4.79 Å². The molecule has 0 aromatic heterocycles. The molecular weight excluding hydrogens is 246 g/mol. The number of likely N-dealkylation sites (tertiary alicyclic amines) is 1. The van der Waals surface area contributed by atoms with E-state index in [0.717, 1.165) is 5.56 Å². The Hall–Kier alpha value is -1.43. The highest BCUT2D eigenvalue weighted by atomic mass is 16.3. The lowest BCUT2D eigenvalue weighted by molar-refractivity contribution is -0.139. The topological polar surface area (TPSA) is 81.0 Å². The van der Waals surface area contributed by atoms with Crippen LogP contribution in [0, 0.1) is 0 Å². The second-order valence-electron chi connectivity index (χ2n) is 4.92. The van der Waals surface area contributed by atoms with Crippen LogP contribution in [0.4, 0.5) is 0 Å². The molecule has 1 amide bonds. The van der Waals surface area contributed by atoms with Crippen molar-refractivity contribution in [1.29, 1.82) is 0 Å². The van der Waals surface area contributed by atoms with Crippen molar-refractivity contribution >= 4 is 5.91 Å². The highest BCUT2D eigenvalue weighted by Gasteiger charge is 2.34. The number of nitrogens with zero attached hydrogens (tertiary/aromatic N) is 1. The van der Waals surface area contributed by atoms with Crippen molar-refractivity contribution in [3.05, 3.63) is 35.9 Å². The van der Waals surface area contributed by atoms with Crippen LogP contribution >= 0.6 is 0 Å². The van der Waals surface area contributed by atoms with E-state index in [9.17, 15) is 20.1 Å². The first-order chi connectivity index (χ1) is 9.08. The van der Waals surface area contributed by atoms with Gasteiger partial charge < -0.3 is 20.2 Å². The van der Waals surface area contributed by atoms with Crippen LogP contribution in [0.3, 0.4) is 0 Å². The Morgan fingerprint density at radius 3 is 2.37 bits per heavy atom. The monoisotopic (exact) mass is 265 g/mol. The molecular formula is C14H19NO4. The molecule has 104 valence electrons. The molecule has 19 heavy (non-hydrogen) atoms. The van der Waals surface area contributed by atoms with Gasteiger partial charge in [0.1, 0.15) is 6.10 Å². The molecule has 0 saturated carbocycles. The molecule has 5 nitrogen and oxygen atoms in total. The first-order valence-corrected chi connectivity index (χ1v) is 6.45. The van der Waals surface area contributed by atoms with E-state index in [1.54, 1.807) is 0 Å². The Balaban J connectivity index is 1.83. The Morgan fingerprint density at radius 1 is 1.21 bits per heavy atom. The Bertz CT molecular complexity index is 413. The maximum Gasteiger partial charge on any atom is 0.251 e. The number of aryl methyl sites for hydroxylation is 1. The maximum atomic E-state index is 11.9. The molecule has 1 saturated heterocycles. The molecule has 0 bridgehead atoms. The summed E-state index contributed by atoms with van der Waals surface area (Å²) >= 11 is 0. The van der Waals surface area contributed by atoms with Crippen LogP contribution in [0.5, 0.6) is 0 Å². The number of hydrogen-bond donors (Lipinski definition) is 3. The number of aliphatic hydroxyl groups excluding tert-OH is 3. The summed E-state index contributed by atoms with van der Waals surface area (Å²) < 4.78 is 0. The zero-order valence-electron chi connectivity index (χ0n) is 10.6. The third-order valence-electron chi connectivity index (χ3n) is 3.41. The zero-order chi connectivity index (χ0) is 13.8. The van der Waals surface area contributed by atoms with Crippen molar-refractivity contribution < 1.29 is 20.1 Å². The van der Waals surface area contributed by atoms with Gasteiger partial charge in [0.15, 0.2) is 0 Å². The van der Waals surface area contributed by atoms with E-state index in [0.29, 0.717) is 12.8 Å². The van der Waals surface area contributed by atoms with E-state index in [1.807, 2.05) is 30.3 Å². The molecule has 1 aromatic carbocycles. The number of benzene rings is 1. The van der Waals surface area contributed by atoms with Gasteiger partial charge in [0, 0.05) is 13.1 Å². The minimum Gasteiger partial charge on any atom is -0.388 e. The molecule has 1 aliphatic rings. The van der Waals surface area contributed by atoms with Crippen LogP contribution in [0.25, 0.3) is 0 Å². The van der Waals surface area contributed by atoms with Gasteiger partial charge >= 0.3 is 0 Å². The van der Waals surface area contributed by atoms with Gasteiger partial charge in [-0.25, -0.2) is 0 Å². The number of rotatable bonds is 4. The molecule has 1 fully saturated rings. The van der Waals surface area contributed by atoms with Crippen molar-refractivity contribution in [3.8, 4) is 0 Å². The molecule has 3 atom stereocenters. The highest BCUT2D eigenvalue weighted by molar-refractivity contribution is 5.81. The standard InChI is InChI=1S/C14H19NO4/c16-11(7-6-10-4-2-1-3-5-10)14(19)15-8-12(17)13(18)9-15/h1-5,11-13,16-18H,6-9H2/t11-,12+,13+/m1/s1. The zero-order valence-corrected chi connectivity index (χ0v) is 10.6. The number of aliphatic hydroxyl groups is 3. The summed E-state index contributed by atoms with van der Waals surface area (Å²) in [5.41, 5.74) is 1.07. The first-order valence-electron chi connectivity index (χ1n) is 6.45. The average molecular weight is 265 g/mol. The third-order valence-corrected chi connectivity index (χ3v) is 3.41. The predicted octanol–water partition coefficient (Wildman–Crippen LogP) is -0.456. The second-order valence-corrected chi connectivity index (χ2v) is 4.92. The van der Waals surface area contributed by atoms with Gasteiger partial charge in [0.25, 0.3) is 5.91 Å². The SMILES string of the molecule is O=C([C@H](O)CCc1ccccc1)N1C[C@H](O)[C@@H](O)C1. The fourth-order valence-electron chi connectivity index (χ4n) is 2.23. The number of hydrogen-bond acceptors (Lipinski definition) is 4. The first kappa shape index (κ1) is 14.0. The van der Waals surface area contributed by atoms with E-state index >= 15 is 0 Å². The molecule has 1 aromatic rings. The van der Waals surface area contributed by atoms with E-state index in [-0.39, 0.29) is 13.1 Å². The van der Waals surface area contributed by atoms with Crippen molar-refractivity contribution in [2.45, 2.75) is 31.2 Å². The normalized spacial score (nSPS) is 24.5. The molecule has 0 aliphatic carbocycles. The van der Waals surface area contributed by atoms with Crippen molar-refractivity contribution in [2.24, 2.45) is 0 Å². The average Bonchev–Trinajstić information content (AvgIpc) is 2.76. The van der Waals surface area contributed by atoms with Crippen LogP contribution in [0.1, 0.15) is 12.0 Å². The van der Waals surface area contributed by atoms with Crippen LogP contribution in [-0.2, 0) is 11.2 Å². The van der Waals surface area contributed by atoms with Crippen LogP contribution in [0.2, 0.25) is 0 Å². The minimum atomic E-state index is -1.09. The summed E-state index contributed by atoms with van der Waals surface area (Å²) in [6.45, 7) is 0.171. The maximum absolute atomic E-state index is 11.9. The Morgan fingerprint density at radius 2 is 1.79 bits per heavy atom. The number of β-amino-alcohol motifs (C(OH)–C–C–N with tert-alkyl or cyclic N) is 2. The Kier molecular flexibility index (Phi) is 4.52. The summed E-state index contributed by atoms with van der Waals surface area (Å²) in [6, 6.07) is 9.63. The van der Waals surface area contributed by atoms with Crippen molar-refractivity contribution in [2.75, 3.05) is 13.1 Å². The van der Waals surface area contributed by atoms with Gasteiger partial charge in [0.05, 0.1) is 12.2 Å². The van der Waals surface area contributed by atoms with Gasteiger partial charge in [-0.2, -0.15) is 0 Å². The molecule has 1 heterocycles. The van der Waals surface area contributed by atoms with Crippen LogP contribution in [-0.4, -0.2) is 57.5 Å². The molecule has 0 radical (unpaired) electrons. The minimum absolute atomic E-state index is 0.0857. The molecule has 5 heteroatoms. The number of carbonyl (C=O) groups is 1.